The molecule has 0 bridgehead atoms. The summed E-state index contributed by atoms with van der Waals surface area (Å²) < 4.78 is 18.0. The molecular formula is C26H22BrNO4. The Balaban J connectivity index is 1.55. The van der Waals surface area contributed by atoms with Gasteiger partial charge in [-0.05, 0) is 61.4 Å². The summed E-state index contributed by atoms with van der Waals surface area (Å²) in [5.74, 6) is 1.04. The van der Waals surface area contributed by atoms with E-state index in [-0.39, 0.29) is 11.6 Å². The number of carbonyl (C=O) groups is 1. The molecule has 0 saturated carbocycles. The van der Waals surface area contributed by atoms with Gasteiger partial charge in [0.2, 0.25) is 5.90 Å². The van der Waals surface area contributed by atoms with Crippen LogP contribution >= 0.6 is 15.9 Å². The molecule has 0 unspecified atom stereocenters. The van der Waals surface area contributed by atoms with Crippen LogP contribution in [0.25, 0.3) is 6.08 Å². The Morgan fingerprint density at radius 1 is 1.00 bits per heavy atom. The van der Waals surface area contributed by atoms with Gasteiger partial charge in [0.15, 0.2) is 17.2 Å². The molecule has 0 fully saturated rings. The van der Waals surface area contributed by atoms with Crippen LogP contribution in [-0.4, -0.2) is 18.5 Å². The van der Waals surface area contributed by atoms with E-state index in [0.29, 0.717) is 24.7 Å². The van der Waals surface area contributed by atoms with Gasteiger partial charge in [-0.2, -0.15) is 0 Å². The monoisotopic (exact) mass is 491 g/mol. The largest absolute Gasteiger partial charge is 0.490 e. The molecule has 1 heterocycles. The highest BCUT2D eigenvalue weighted by Gasteiger charge is 2.24. The fourth-order valence-corrected chi connectivity index (χ4v) is 3.56. The van der Waals surface area contributed by atoms with Gasteiger partial charge >= 0.3 is 5.97 Å². The summed E-state index contributed by atoms with van der Waals surface area (Å²) in [5, 5.41) is 0. The first-order chi connectivity index (χ1) is 15.5. The minimum absolute atomic E-state index is 0.232. The number of esters is 1. The van der Waals surface area contributed by atoms with E-state index in [9.17, 15) is 4.79 Å². The molecule has 3 aromatic carbocycles. The van der Waals surface area contributed by atoms with Crippen molar-refractivity contribution in [2.24, 2.45) is 4.99 Å². The van der Waals surface area contributed by atoms with Crippen molar-refractivity contribution in [2.45, 2.75) is 20.5 Å². The van der Waals surface area contributed by atoms with Crippen molar-refractivity contribution in [3.05, 3.63) is 99.2 Å². The van der Waals surface area contributed by atoms with Crippen molar-refractivity contribution in [1.29, 1.82) is 0 Å². The lowest BCUT2D eigenvalue weighted by Gasteiger charge is -2.13. The van der Waals surface area contributed by atoms with Crippen LogP contribution in [0.4, 0.5) is 0 Å². The van der Waals surface area contributed by atoms with Crippen LogP contribution < -0.4 is 9.47 Å². The van der Waals surface area contributed by atoms with Crippen LogP contribution in [0.5, 0.6) is 11.5 Å². The average Bonchev–Trinajstić information content (AvgIpc) is 3.15. The lowest BCUT2D eigenvalue weighted by Crippen LogP contribution is -2.05. The molecule has 0 spiro atoms. The molecule has 3 aromatic rings. The normalized spacial score (nSPS) is 14.3. The second kappa shape index (κ2) is 9.83. The quantitative estimate of drug-likeness (QED) is 0.296. The maximum absolute atomic E-state index is 12.3. The molecule has 0 aromatic heterocycles. The SMILES string of the molecule is CCOc1cc(/C=C2\N=C(c3cccc(Br)c3)OC2=O)ccc1OCc1ccc(C)cc1. The van der Waals surface area contributed by atoms with Gasteiger partial charge in [0.1, 0.15) is 6.61 Å². The van der Waals surface area contributed by atoms with Crippen LogP contribution in [0, 0.1) is 6.92 Å². The average molecular weight is 492 g/mol. The molecule has 0 N–H and O–H groups in total. The molecule has 1 aliphatic rings. The number of rotatable bonds is 7. The molecule has 162 valence electrons. The van der Waals surface area contributed by atoms with E-state index in [4.69, 9.17) is 14.2 Å². The zero-order valence-corrected chi connectivity index (χ0v) is 19.4. The maximum Gasteiger partial charge on any atom is 0.363 e. The molecule has 0 aliphatic carbocycles. The number of aryl methyl sites for hydroxylation is 1. The summed E-state index contributed by atoms with van der Waals surface area (Å²) in [6, 6.07) is 21.2. The molecule has 5 nitrogen and oxygen atoms in total. The second-order valence-electron chi connectivity index (χ2n) is 7.26. The van der Waals surface area contributed by atoms with E-state index < -0.39 is 5.97 Å². The van der Waals surface area contributed by atoms with Gasteiger partial charge in [0.05, 0.1) is 6.61 Å². The number of benzene rings is 3. The van der Waals surface area contributed by atoms with Gasteiger partial charge in [-0.1, -0.05) is 57.9 Å². The Kier molecular flexibility index (Phi) is 6.71. The Bertz CT molecular complexity index is 1200. The third-order valence-corrected chi connectivity index (χ3v) is 5.27. The van der Waals surface area contributed by atoms with Crippen LogP contribution in [0.3, 0.4) is 0 Å². The lowest BCUT2D eigenvalue weighted by molar-refractivity contribution is -0.129. The molecule has 32 heavy (non-hydrogen) atoms. The summed E-state index contributed by atoms with van der Waals surface area (Å²) in [4.78, 5) is 16.7. The van der Waals surface area contributed by atoms with Gasteiger partial charge in [0.25, 0.3) is 0 Å². The fourth-order valence-electron chi connectivity index (χ4n) is 3.16. The molecule has 0 saturated heterocycles. The number of cyclic esters (lactones) is 1. The van der Waals surface area contributed by atoms with Crippen LogP contribution in [0.1, 0.15) is 29.2 Å². The summed E-state index contributed by atoms with van der Waals surface area (Å²) in [6.45, 7) is 4.90. The minimum Gasteiger partial charge on any atom is -0.490 e. The number of hydrogen-bond acceptors (Lipinski definition) is 5. The van der Waals surface area contributed by atoms with E-state index in [1.807, 2.05) is 61.5 Å². The number of ether oxygens (including phenoxy) is 3. The van der Waals surface area contributed by atoms with Gasteiger partial charge in [0, 0.05) is 10.0 Å². The van der Waals surface area contributed by atoms with Crippen molar-refractivity contribution < 1.29 is 19.0 Å². The smallest absolute Gasteiger partial charge is 0.363 e. The van der Waals surface area contributed by atoms with E-state index in [1.165, 1.54) is 5.56 Å². The van der Waals surface area contributed by atoms with Crippen LogP contribution in [0.2, 0.25) is 0 Å². The van der Waals surface area contributed by atoms with Crippen molar-refractivity contribution in [3.8, 4) is 11.5 Å². The number of hydrogen-bond donors (Lipinski definition) is 0. The third-order valence-electron chi connectivity index (χ3n) is 4.78. The Morgan fingerprint density at radius 2 is 1.81 bits per heavy atom. The van der Waals surface area contributed by atoms with Crippen molar-refractivity contribution >= 4 is 33.9 Å². The highest BCUT2D eigenvalue weighted by Crippen LogP contribution is 2.31. The zero-order valence-electron chi connectivity index (χ0n) is 17.8. The van der Waals surface area contributed by atoms with Gasteiger partial charge < -0.3 is 14.2 Å². The van der Waals surface area contributed by atoms with Gasteiger partial charge in [-0.25, -0.2) is 9.79 Å². The molecule has 0 atom stereocenters. The number of aliphatic imine (C=N–C) groups is 1. The Morgan fingerprint density at radius 3 is 2.56 bits per heavy atom. The summed E-state index contributed by atoms with van der Waals surface area (Å²) in [5.41, 5.74) is 4.01. The van der Waals surface area contributed by atoms with Crippen molar-refractivity contribution in [3.63, 3.8) is 0 Å². The van der Waals surface area contributed by atoms with E-state index >= 15 is 0 Å². The third kappa shape index (κ3) is 5.26. The highest BCUT2D eigenvalue weighted by molar-refractivity contribution is 9.10. The van der Waals surface area contributed by atoms with E-state index in [2.05, 4.69) is 40.0 Å². The molecule has 0 amide bonds. The molecule has 4 rings (SSSR count). The summed E-state index contributed by atoms with van der Waals surface area (Å²) in [7, 11) is 0. The topological polar surface area (TPSA) is 57.1 Å². The summed E-state index contributed by atoms with van der Waals surface area (Å²) >= 11 is 3.42. The predicted molar refractivity (Wildman–Crippen MR) is 128 cm³/mol. The standard InChI is InChI=1S/C26H22BrNO4/c1-3-30-24-14-19(11-12-23(24)31-16-18-9-7-17(2)8-10-18)13-22-26(29)32-25(28-22)20-5-4-6-21(27)15-20/h4-15H,3,16H2,1-2H3/b22-13-. The Labute approximate surface area is 195 Å². The predicted octanol–water partition coefficient (Wildman–Crippen LogP) is 6.08. The minimum atomic E-state index is -0.488. The lowest BCUT2D eigenvalue weighted by atomic mass is 10.1. The molecule has 1 aliphatic heterocycles. The number of nitrogens with zero attached hydrogens (tertiary/aromatic N) is 1. The highest BCUT2D eigenvalue weighted by atomic mass is 79.9. The number of carbonyl (C=O) groups excluding carboxylic acids is 1. The Hall–Kier alpha value is -3.38. The molecule has 6 heteroatoms. The first kappa shape index (κ1) is 21.8. The second-order valence-corrected chi connectivity index (χ2v) is 8.18. The van der Waals surface area contributed by atoms with E-state index in [0.717, 1.165) is 21.2 Å². The maximum atomic E-state index is 12.3. The summed E-state index contributed by atoms with van der Waals surface area (Å²) in [6.07, 6.45) is 1.68. The molecule has 0 radical (unpaired) electrons. The molecular weight excluding hydrogens is 470 g/mol. The van der Waals surface area contributed by atoms with Crippen molar-refractivity contribution in [2.75, 3.05) is 6.61 Å². The van der Waals surface area contributed by atoms with E-state index in [1.54, 1.807) is 6.08 Å². The van der Waals surface area contributed by atoms with Crippen LogP contribution in [0.15, 0.2) is 81.9 Å². The number of halogens is 1. The van der Waals surface area contributed by atoms with Gasteiger partial charge in [-0.15, -0.1) is 0 Å². The first-order valence-corrected chi connectivity index (χ1v) is 11.0. The van der Waals surface area contributed by atoms with Crippen LogP contribution in [-0.2, 0) is 16.1 Å². The van der Waals surface area contributed by atoms with Crippen molar-refractivity contribution in [1.82, 2.24) is 0 Å². The fraction of sp³-hybridized carbons (Fsp3) is 0.154. The zero-order chi connectivity index (χ0) is 22.5. The first-order valence-electron chi connectivity index (χ1n) is 10.3. The van der Waals surface area contributed by atoms with Gasteiger partial charge in [-0.3, -0.25) is 0 Å².